The Morgan fingerprint density at radius 2 is 0.949 bits per heavy atom. The summed E-state index contributed by atoms with van der Waals surface area (Å²) < 4.78 is 15.9. The van der Waals surface area contributed by atoms with E-state index in [2.05, 4.69) is 366 Å². The Labute approximate surface area is 826 Å². The first kappa shape index (κ1) is 106. The molecule has 2 aliphatic rings. The molecule has 0 atom stereocenters. The highest BCUT2D eigenvalue weighted by molar-refractivity contribution is 7.19. The largest absolute Gasteiger partial charge is 0.461 e. The summed E-state index contributed by atoms with van der Waals surface area (Å²) in [5, 5.41) is 7.51. The number of carbonyl (C=O) groups is 2. The Bertz CT molecular complexity index is 5920. The smallest absolute Gasteiger partial charge is 0.261 e. The van der Waals surface area contributed by atoms with E-state index in [9.17, 15) is 9.59 Å². The maximum atomic E-state index is 11.8. The van der Waals surface area contributed by atoms with Crippen molar-refractivity contribution >= 4 is 110 Å². The van der Waals surface area contributed by atoms with Gasteiger partial charge in [-0.15, -0.1) is 34.0 Å². The van der Waals surface area contributed by atoms with E-state index in [-0.39, 0.29) is 17.9 Å². The molecule has 0 bridgehead atoms. The number of aromatic nitrogens is 10. The number of fused-ring (bicyclic) bond motifs is 9. The van der Waals surface area contributed by atoms with Gasteiger partial charge in [0.2, 0.25) is 5.78 Å². The molecule has 14 nitrogen and oxygen atoms in total. The van der Waals surface area contributed by atoms with Gasteiger partial charge in [0, 0.05) is 123 Å². The van der Waals surface area contributed by atoms with Gasteiger partial charge in [0.15, 0.2) is 0 Å². The number of para-hydroxylation sites is 2. The standard InChI is InChI=1S/C12H14.C11H11NO2.C11H13N.C11H12O.2C11H12S.C10H12N2.C10H11NS.C9H11N3.3C8H11N/c1-9(2)12-7-10-5-3-4-6-11(10)8-12;1-7(2)12-10(13)8-5-3-4-6-9(8)11(12)14;1-9(2)10-7-11-5-3-4-6-12(11)8-10;1-8(2)11-7-9-5-3-4-6-10(9)12-11;1-8(2)10-7-12-11-6-4-3-5-9(10)11;1-8(2)11-7-9-5-3-4-6-10(9)12-11;1-8(2)9-7-12-6-4-3-5-10(12)11-9;1-7(2)10-11-8-5-3-4-6-9(8)12-10;1-7(2)8-6-12-5-3-4-10-9(12)11-8;1-7(2)8-3-5-9-6-4-8;1-7(2)8-4-3-5-9-6-8;1-7(2)8-5-3-4-6-9-8/h3-7,9H,8H2,1-2H3;3-7H,1-2H3;3-9H,1-2H3;4*3-8H,1-2H3;2*3-7H,1-2H3;3*3-7H,1-2H3. The third-order valence-electron chi connectivity index (χ3n) is 22.9. The van der Waals surface area contributed by atoms with Gasteiger partial charge in [0.05, 0.1) is 37.7 Å². The molecule has 0 fully saturated rings. The van der Waals surface area contributed by atoms with Crippen LogP contribution in [0.3, 0.4) is 0 Å². The Hall–Kier alpha value is -12.9. The predicted octanol–water partition coefficient (Wildman–Crippen LogP) is 34.0. The molecular formula is C120H141N11O3S3. The number of nitrogens with zero attached hydrogens (tertiary/aromatic N) is 11. The van der Waals surface area contributed by atoms with Gasteiger partial charge in [-0.25, -0.2) is 19.9 Å². The minimum absolute atomic E-state index is 0.0811. The molecule has 13 aromatic heterocycles. The van der Waals surface area contributed by atoms with Crippen molar-refractivity contribution in [3.8, 4) is 0 Å². The molecule has 0 spiro atoms. The monoisotopic (exact) mass is 1880 g/mol. The van der Waals surface area contributed by atoms with Crippen molar-refractivity contribution in [3.63, 3.8) is 0 Å². The fourth-order valence-electron chi connectivity index (χ4n) is 14.4. The molecule has 1 aliphatic heterocycles. The quantitative estimate of drug-likeness (QED) is 0.108. The minimum atomic E-state index is -0.180. The molecule has 17 heteroatoms. The van der Waals surface area contributed by atoms with Gasteiger partial charge in [-0.05, 0) is 244 Å². The molecular weight excluding hydrogens is 1740 g/mol. The van der Waals surface area contributed by atoms with Crippen molar-refractivity contribution < 1.29 is 14.0 Å². The van der Waals surface area contributed by atoms with Gasteiger partial charge in [-0.2, -0.15) is 0 Å². The van der Waals surface area contributed by atoms with Crippen molar-refractivity contribution in [2.45, 2.75) is 238 Å². The number of imidazole rings is 2. The molecule has 0 saturated carbocycles. The molecule has 14 heterocycles. The van der Waals surface area contributed by atoms with E-state index in [1.54, 1.807) is 53.6 Å². The maximum Gasteiger partial charge on any atom is 0.261 e. The minimum Gasteiger partial charge on any atom is -0.461 e. The fraction of sp³-hybridized carbons (Fsp3) is 0.308. The zero-order valence-electron chi connectivity index (χ0n) is 84.8. The number of rotatable bonds is 12. The average Bonchev–Trinajstić information content (AvgIpc) is 1.63. The highest BCUT2D eigenvalue weighted by Gasteiger charge is 2.36. The normalized spacial score (nSPS) is 11.7. The van der Waals surface area contributed by atoms with Crippen LogP contribution in [0.2, 0.25) is 0 Å². The second-order valence-corrected chi connectivity index (χ2v) is 40.8. The average molecular weight is 1880 g/mol. The van der Waals surface area contributed by atoms with Crippen LogP contribution in [0.1, 0.15) is 312 Å². The van der Waals surface area contributed by atoms with E-state index in [0.717, 1.165) is 51.8 Å². The van der Waals surface area contributed by atoms with Crippen LogP contribution in [0.5, 0.6) is 0 Å². The summed E-state index contributed by atoms with van der Waals surface area (Å²) in [5.74, 6) is 7.83. The molecule has 0 saturated heterocycles. The number of allylic oxidation sites excluding steroid dienone is 1. The summed E-state index contributed by atoms with van der Waals surface area (Å²) in [6, 6.07) is 84.1. The number of hydrogen-bond acceptors (Lipinski definition) is 13. The number of carbonyl (C=O) groups excluding carboxylic acids is 2. The van der Waals surface area contributed by atoms with E-state index < -0.39 is 0 Å². The summed E-state index contributed by atoms with van der Waals surface area (Å²) >= 11 is 5.54. The number of hydrogen-bond donors (Lipinski definition) is 0. The number of thiophene rings is 2. The molecule has 0 radical (unpaired) electrons. The van der Waals surface area contributed by atoms with Crippen LogP contribution in [0, 0.1) is 5.92 Å². The van der Waals surface area contributed by atoms with Crippen molar-refractivity contribution in [1.29, 1.82) is 0 Å². The molecule has 6 aromatic carbocycles. The summed E-state index contributed by atoms with van der Waals surface area (Å²) in [6.45, 7) is 51.8. The highest BCUT2D eigenvalue weighted by Crippen LogP contribution is 2.35. The predicted molar refractivity (Wildman–Crippen MR) is 584 cm³/mol. The van der Waals surface area contributed by atoms with Gasteiger partial charge < -0.3 is 13.2 Å². The lowest BCUT2D eigenvalue weighted by atomic mass is 10.0. The fourth-order valence-corrected chi connectivity index (χ4v) is 17.6. The second kappa shape index (κ2) is 53.0. The van der Waals surface area contributed by atoms with Crippen LogP contribution in [-0.2, 0) is 6.42 Å². The lowest BCUT2D eigenvalue weighted by Crippen LogP contribution is -2.35. The number of furan rings is 1. The molecule has 0 N–H and O–H groups in total. The first-order valence-corrected chi connectivity index (χ1v) is 50.8. The van der Waals surface area contributed by atoms with Gasteiger partial charge in [-0.3, -0.25) is 33.8 Å². The molecule has 21 rings (SSSR count). The Balaban J connectivity index is 0.000000155. The molecule has 1 aliphatic carbocycles. The van der Waals surface area contributed by atoms with Crippen LogP contribution < -0.4 is 0 Å². The first-order valence-electron chi connectivity index (χ1n) is 48.3. The lowest BCUT2D eigenvalue weighted by molar-refractivity contribution is 0.0608. The number of thiazole rings is 1. The van der Waals surface area contributed by atoms with Gasteiger partial charge in [0.1, 0.15) is 17.0 Å². The third kappa shape index (κ3) is 31.6. The van der Waals surface area contributed by atoms with E-state index in [0.29, 0.717) is 76.2 Å². The van der Waals surface area contributed by atoms with Crippen molar-refractivity contribution in [1.82, 2.24) is 53.0 Å². The second-order valence-electron chi connectivity index (χ2n) is 37.7. The van der Waals surface area contributed by atoms with Gasteiger partial charge in [0.25, 0.3) is 11.8 Å². The van der Waals surface area contributed by atoms with Crippen LogP contribution in [0.25, 0.3) is 64.4 Å². The summed E-state index contributed by atoms with van der Waals surface area (Å²) in [7, 11) is 0. The molecule has 19 aromatic rings. The van der Waals surface area contributed by atoms with Crippen LogP contribution in [0.4, 0.5) is 0 Å². The first-order chi connectivity index (χ1) is 65.7. The number of benzene rings is 6. The van der Waals surface area contributed by atoms with Gasteiger partial charge in [-0.1, -0.05) is 291 Å². The van der Waals surface area contributed by atoms with Crippen molar-refractivity contribution in [2.24, 2.45) is 5.92 Å². The van der Waals surface area contributed by atoms with E-state index in [1.165, 1.54) is 83.9 Å². The van der Waals surface area contributed by atoms with Crippen LogP contribution in [-0.4, -0.2) is 70.8 Å². The SMILES string of the molecule is CC(C)C1=Cc2ccccc2C1.CC(C)N1C(=O)c2ccccc2C1=O.CC(C)c1cc2ccccc2o1.CC(C)c1cc2ccccc2s1.CC(C)c1cc2ccccn2c1.CC(C)c1ccccn1.CC(C)c1cccnc1.CC(C)c1ccncc1.CC(C)c1cn2ccccc2n1.CC(C)c1cn2cccnc2n1.CC(C)c1csc2ccccc12.CC(C)c1nc2ccccc2s1. The lowest BCUT2D eigenvalue weighted by Gasteiger charge is -2.17. The number of amides is 2. The Morgan fingerprint density at radius 3 is 1.50 bits per heavy atom. The van der Waals surface area contributed by atoms with Crippen molar-refractivity contribution in [3.05, 3.63) is 411 Å². The van der Waals surface area contributed by atoms with Gasteiger partial charge >= 0.3 is 0 Å². The molecule has 712 valence electrons. The van der Waals surface area contributed by atoms with Crippen molar-refractivity contribution in [2.75, 3.05) is 0 Å². The molecule has 0 unspecified atom stereocenters. The van der Waals surface area contributed by atoms with E-state index in [4.69, 9.17) is 4.42 Å². The molecule has 2 amide bonds. The Morgan fingerprint density at radius 1 is 0.372 bits per heavy atom. The zero-order valence-corrected chi connectivity index (χ0v) is 87.2. The van der Waals surface area contributed by atoms with E-state index >= 15 is 0 Å². The van der Waals surface area contributed by atoms with Crippen LogP contribution >= 0.6 is 34.0 Å². The van der Waals surface area contributed by atoms with E-state index in [1.807, 2.05) is 169 Å². The number of imide groups is 1. The maximum absolute atomic E-state index is 11.8. The summed E-state index contributed by atoms with van der Waals surface area (Å²) in [5.41, 5.74) is 18.9. The topological polar surface area (TPSA) is 154 Å². The third-order valence-corrected chi connectivity index (χ3v) is 26.6. The molecule has 137 heavy (non-hydrogen) atoms. The zero-order chi connectivity index (χ0) is 98.8. The van der Waals surface area contributed by atoms with Crippen LogP contribution in [0.15, 0.2) is 338 Å². The summed E-state index contributed by atoms with van der Waals surface area (Å²) in [6.07, 6.45) is 26.8. The summed E-state index contributed by atoms with van der Waals surface area (Å²) in [4.78, 5) is 55.9. The highest BCUT2D eigenvalue weighted by atomic mass is 32.1. The Kier molecular flexibility index (Phi) is 41.0. The number of pyridine rings is 5.